The molecule has 0 aromatic rings. The number of amides is 1. The molecule has 0 unspecified atom stereocenters. The van der Waals surface area contributed by atoms with Gasteiger partial charge in [0.15, 0.2) is 0 Å². The maximum Gasteiger partial charge on any atom is 0.220 e. The zero-order chi connectivity index (χ0) is 19.3. The Balaban J connectivity index is 3.34. The third kappa shape index (κ3) is 17.9. The second-order valence-electron chi connectivity index (χ2n) is 7.24. The number of carbonyl (C=O) groups is 1. The van der Waals surface area contributed by atoms with Crippen molar-refractivity contribution in [3.05, 3.63) is 12.2 Å². The van der Waals surface area contributed by atoms with Crippen molar-refractivity contribution in [2.75, 3.05) is 20.3 Å². The van der Waals surface area contributed by atoms with Gasteiger partial charge in [-0.25, -0.2) is 0 Å². The highest BCUT2D eigenvalue weighted by Crippen LogP contribution is 2.12. The van der Waals surface area contributed by atoms with Crippen molar-refractivity contribution < 1.29 is 14.6 Å². The maximum atomic E-state index is 11.7. The molecule has 4 nitrogen and oxygen atoms in total. The molecule has 0 saturated carbocycles. The number of rotatable bonds is 19. The predicted molar refractivity (Wildman–Crippen MR) is 110 cm³/mol. The number of allylic oxidation sites excluding steroid dienone is 2. The molecule has 0 aliphatic heterocycles. The van der Waals surface area contributed by atoms with Crippen LogP contribution in [-0.2, 0) is 9.53 Å². The summed E-state index contributed by atoms with van der Waals surface area (Å²) in [5.74, 6) is -0.0274. The molecule has 154 valence electrons. The molecule has 0 saturated heterocycles. The summed E-state index contributed by atoms with van der Waals surface area (Å²) in [4.78, 5) is 11.7. The van der Waals surface area contributed by atoms with Crippen LogP contribution in [0, 0.1) is 0 Å². The number of methoxy groups -OCH3 is 1. The first-order valence-electron chi connectivity index (χ1n) is 10.8. The van der Waals surface area contributed by atoms with Gasteiger partial charge in [0.25, 0.3) is 0 Å². The predicted octanol–water partition coefficient (Wildman–Crippen LogP) is 5.15. The zero-order valence-corrected chi connectivity index (χ0v) is 17.3. The molecule has 1 atom stereocenters. The average Bonchev–Trinajstić information content (AvgIpc) is 2.64. The van der Waals surface area contributed by atoms with E-state index >= 15 is 0 Å². The van der Waals surface area contributed by atoms with Crippen LogP contribution in [0.1, 0.15) is 96.8 Å². The summed E-state index contributed by atoms with van der Waals surface area (Å²) >= 11 is 0. The Hall–Kier alpha value is -0.870. The molecule has 0 spiro atoms. The molecule has 4 heteroatoms. The van der Waals surface area contributed by atoms with Crippen LogP contribution in [0.15, 0.2) is 12.2 Å². The van der Waals surface area contributed by atoms with Crippen LogP contribution < -0.4 is 5.32 Å². The SMILES string of the molecule is CCCCCCCCCCCCC/C=C/CCC(=O)N[C@H](CO)COC. The summed E-state index contributed by atoms with van der Waals surface area (Å²) in [7, 11) is 1.56. The Morgan fingerprint density at radius 3 is 2.00 bits per heavy atom. The van der Waals surface area contributed by atoms with Crippen molar-refractivity contribution in [2.24, 2.45) is 0 Å². The molecular weight excluding hydrogens is 326 g/mol. The van der Waals surface area contributed by atoms with Gasteiger partial charge in [-0.3, -0.25) is 4.79 Å². The van der Waals surface area contributed by atoms with Crippen LogP contribution in [0.5, 0.6) is 0 Å². The van der Waals surface area contributed by atoms with Crippen LogP contribution in [-0.4, -0.2) is 37.4 Å². The second kappa shape index (κ2) is 20.4. The fourth-order valence-electron chi connectivity index (χ4n) is 3.02. The van der Waals surface area contributed by atoms with Crippen molar-refractivity contribution in [3.63, 3.8) is 0 Å². The Bertz CT molecular complexity index is 331. The smallest absolute Gasteiger partial charge is 0.220 e. The topological polar surface area (TPSA) is 58.6 Å². The van der Waals surface area contributed by atoms with Crippen molar-refractivity contribution >= 4 is 5.91 Å². The molecule has 0 aliphatic carbocycles. The number of unbranched alkanes of at least 4 members (excludes halogenated alkanes) is 11. The number of carbonyl (C=O) groups excluding carboxylic acids is 1. The molecule has 2 N–H and O–H groups in total. The average molecular weight is 370 g/mol. The van der Waals surface area contributed by atoms with Crippen LogP contribution in [0.3, 0.4) is 0 Å². The van der Waals surface area contributed by atoms with Gasteiger partial charge in [0.2, 0.25) is 5.91 Å². The molecule has 0 bridgehead atoms. The quantitative estimate of drug-likeness (QED) is 0.245. The van der Waals surface area contributed by atoms with E-state index in [4.69, 9.17) is 9.84 Å². The molecule has 0 heterocycles. The number of hydrogen-bond donors (Lipinski definition) is 2. The molecule has 0 fully saturated rings. The number of nitrogens with one attached hydrogen (secondary N) is 1. The lowest BCUT2D eigenvalue weighted by molar-refractivity contribution is -0.122. The summed E-state index contributed by atoms with van der Waals surface area (Å²) in [5, 5.41) is 11.9. The van der Waals surface area contributed by atoms with Crippen LogP contribution in [0.2, 0.25) is 0 Å². The third-order valence-electron chi connectivity index (χ3n) is 4.63. The normalized spacial score (nSPS) is 12.6. The van der Waals surface area contributed by atoms with Crippen molar-refractivity contribution in [3.8, 4) is 0 Å². The minimum absolute atomic E-state index is 0.0274. The van der Waals surface area contributed by atoms with Gasteiger partial charge in [0.05, 0.1) is 19.3 Å². The van der Waals surface area contributed by atoms with E-state index in [0.29, 0.717) is 13.0 Å². The van der Waals surface area contributed by atoms with Gasteiger partial charge in [-0.2, -0.15) is 0 Å². The van der Waals surface area contributed by atoms with Gasteiger partial charge < -0.3 is 15.2 Å². The molecule has 0 aromatic carbocycles. The molecule has 0 radical (unpaired) electrons. The van der Waals surface area contributed by atoms with Crippen molar-refractivity contribution in [2.45, 2.75) is 103 Å². The van der Waals surface area contributed by atoms with Gasteiger partial charge in [0, 0.05) is 13.5 Å². The van der Waals surface area contributed by atoms with Gasteiger partial charge in [-0.15, -0.1) is 0 Å². The monoisotopic (exact) mass is 369 g/mol. The molecule has 26 heavy (non-hydrogen) atoms. The van der Waals surface area contributed by atoms with E-state index < -0.39 is 0 Å². The van der Waals surface area contributed by atoms with E-state index in [2.05, 4.69) is 24.4 Å². The summed E-state index contributed by atoms with van der Waals surface area (Å²) in [6, 6.07) is -0.298. The Morgan fingerprint density at radius 2 is 1.46 bits per heavy atom. The second-order valence-corrected chi connectivity index (χ2v) is 7.24. The van der Waals surface area contributed by atoms with E-state index in [1.165, 1.54) is 70.6 Å². The number of hydrogen-bond acceptors (Lipinski definition) is 3. The summed E-state index contributed by atoms with van der Waals surface area (Å²) in [6.45, 7) is 2.52. The molecule has 1 amide bonds. The minimum atomic E-state index is -0.298. The van der Waals surface area contributed by atoms with Gasteiger partial charge in [-0.05, 0) is 19.3 Å². The van der Waals surface area contributed by atoms with Crippen molar-refractivity contribution in [1.29, 1.82) is 0 Å². The standard InChI is InChI=1S/C22H43NO3/c1-3-4-5-6-7-8-9-10-11-12-13-14-15-16-17-18-22(25)23-21(19-24)20-26-2/h15-16,21,24H,3-14,17-20H2,1-2H3,(H,23,25)/b16-15+/t21-/m1/s1. The van der Waals surface area contributed by atoms with E-state index in [1.54, 1.807) is 7.11 Å². The lowest BCUT2D eigenvalue weighted by Gasteiger charge is -2.14. The van der Waals surface area contributed by atoms with E-state index in [-0.39, 0.29) is 18.6 Å². The Kier molecular flexibility index (Phi) is 19.8. The first-order chi connectivity index (χ1) is 12.7. The molecule has 0 aromatic heterocycles. The van der Waals surface area contributed by atoms with E-state index in [9.17, 15) is 4.79 Å². The number of aliphatic hydroxyl groups excluding tert-OH is 1. The third-order valence-corrected chi connectivity index (χ3v) is 4.63. The number of aliphatic hydroxyl groups is 1. The van der Waals surface area contributed by atoms with Gasteiger partial charge in [0.1, 0.15) is 0 Å². The minimum Gasteiger partial charge on any atom is -0.394 e. The van der Waals surface area contributed by atoms with Crippen LogP contribution >= 0.6 is 0 Å². The van der Waals surface area contributed by atoms with Gasteiger partial charge in [-0.1, -0.05) is 83.3 Å². The van der Waals surface area contributed by atoms with Crippen LogP contribution in [0.4, 0.5) is 0 Å². The maximum absolute atomic E-state index is 11.7. The largest absolute Gasteiger partial charge is 0.394 e. The number of ether oxygens (including phenoxy) is 1. The van der Waals surface area contributed by atoms with Gasteiger partial charge >= 0.3 is 0 Å². The fourth-order valence-corrected chi connectivity index (χ4v) is 3.02. The highest BCUT2D eigenvalue weighted by molar-refractivity contribution is 5.76. The highest BCUT2D eigenvalue weighted by atomic mass is 16.5. The zero-order valence-electron chi connectivity index (χ0n) is 17.3. The lowest BCUT2D eigenvalue weighted by Crippen LogP contribution is -2.40. The van der Waals surface area contributed by atoms with E-state index in [0.717, 1.165) is 12.8 Å². The first-order valence-corrected chi connectivity index (χ1v) is 10.8. The lowest BCUT2D eigenvalue weighted by atomic mass is 10.1. The molecule has 0 rings (SSSR count). The summed E-state index contributed by atoms with van der Waals surface area (Å²) in [5.41, 5.74) is 0. The molecule has 0 aliphatic rings. The summed E-state index contributed by atoms with van der Waals surface area (Å²) < 4.78 is 4.94. The first kappa shape index (κ1) is 25.1. The highest BCUT2D eigenvalue weighted by Gasteiger charge is 2.09. The van der Waals surface area contributed by atoms with Crippen molar-refractivity contribution in [1.82, 2.24) is 5.32 Å². The fraction of sp³-hybridized carbons (Fsp3) is 0.864. The Morgan fingerprint density at radius 1 is 0.923 bits per heavy atom. The Labute approximate surface area is 161 Å². The molecular formula is C22H43NO3. The summed E-state index contributed by atoms with van der Waals surface area (Å²) in [6.07, 6.45) is 21.7. The van der Waals surface area contributed by atoms with Crippen LogP contribution in [0.25, 0.3) is 0 Å². The van der Waals surface area contributed by atoms with E-state index in [1.807, 2.05) is 0 Å².